The lowest BCUT2D eigenvalue weighted by molar-refractivity contribution is 0.153. The molecule has 2 saturated heterocycles. The van der Waals surface area contributed by atoms with Gasteiger partial charge < -0.3 is 15.7 Å². The Bertz CT molecular complexity index is 698. The van der Waals surface area contributed by atoms with Crippen LogP contribution in [0.15, 0.2) is 24.3 Å². The van der Waals surface area contributed by atoms with Gasteiger partial charge in [0.25, 0.3) is 0 Å². The number of piperidine rings is 1. The number of halogens is 1. The monoisotopic (exact) mass is 392 g/mol. The van der Waals surface area contributed by atoms with Crippen LogP contribution in [0.1, 0.15) is 31.2 Å². The normalized spacial score (nSPS) is 21.1. The third kappa shape index (κ3) is 4.91. The number of hydrogen-bond acceptors (Lipinski definition) is 6. The number of aliphatic hydroxyl groups excluding tert-OH is 1. The molecule has 0 saturated carbocycles. The van der Waals surface area contributed by atoms with Crippen molar-refractivity contribution in [1.82, 2.24) is 20.1 Å². The van der Waals surface area contributed by atoms with Crippen LogP contribution in [0, 0.1) is 0 Å². The first-order chi connectivity index (χ1) is 13.2. The molecule has 148 valence electrons. The van der Waals surface area contributed by atoms with E-state index in [-0.39, 0.29) is 0 Å². The summed E-state index contributed by atoms with van der Waals surface area (Å²) >= 11 is 6.01. The van der Waals surface area contributed by atoms with Crippen LogP contribution in [0.25, 0.3) is 0 Å². The molecule has 1 unspecified atom stereocenters. The molecule has 1 aromatic heterocycles. The number of H-pyrrole nitrogens is 1. The average Bonchev–Trinajstić information content (AvgIpc) is 3.34. The summed E-state index contributed by atoms with van der Waals surface area (Å²) < 4.78 is 0. The number of aliphatic hydroxyl groups is 1. The summed E-state index contributed by atoms with van der Waals surface area (Å²) in [5.74, 6) is 1.12. The minimum Gasteiger partial charge on any atom is -0.400 e. The maximum atomic E-state index is 7.00. The maximum Gasteiger partial charge on any atom is 0.246 e. The number of nitrogens with one attached hydrogen (secondary N) is 1. The predicted molar refractivity (Wildman–Crippen MR) is 109 cm³/mol. The van der Waals surface area contributed by atoms with Crippen molar-refractivity contribution >= 4 is 23.5 Å². The summed E-state index contributed by atoms with van der Waals surface area (Å²) in [5, 5.41) is 14.7. The molecule has 1 atom stereocenters. The standard InChI is InChI=1S/C18H25ClN6.CH4O/c19-14-5-3-13(4-6-14)12-16-2-1-9-25(16)15-7-10-24(11-8-15)18-21-17(20)22-23-18;1-2/h3-6,15-16H,1-2,7-12H2,(H3,20,21,22,23);2H,1H3. The lowest BCUT2D eigenvalue weighted by Gasteiger charge is -2.39. The number of aromatic nitrogens is 3. The first kappa shape index (κ1) is 19.9. The van der Waals surface area contributed by atoms with Gasteiger partial charge in [0.1, 0.15) is 0 Å². The van der Waals surface area contributed by atoms with Crippen LogP contribution in [0.2, 0.25) is 5.02 Å². The second kappa shape index (κ2) is 9.39. The van der Waals surface area contributed by atoms with Crippen molar-refractivity contribution in [2.45, 2.75) is 44.2 Å². The van der Waals surface area contributed by atoms with E-state index in [0.717, 1.165) is 50.4 Å². The Hall–Kier alpha value is -1.83. The van der Waals surface area contributed by atoms with Gasteiger partial charge in [-0.3, -0.25) is 4.90 Å². The van der Waals surface area contributed by atoms with Crippen molar-refractivity contribution in [3.8, 4) is 0 Å². The second-order valence-electron chi connectivity index (χ2n) is 7.10. The van der Waals surface area contributed by atoms with Gasteiger partial charge in [0, 0.05) is 37.3 Å². The number of nitrogens with zero attached hydrogens (tertiary/aromatic N) is 4. The fraction of sp³-hybridized carbons (Fsp3) is 0.579. The van der Waals surface area contributed by atoms with E-state index in [9.17, 15) is 0 Å². The van der Waals surface area contributed by atoms with Gasteiger partial charge in [-0.05, 0) is 56.3 Å². The van der Waals surface area contributed by atoms with Gasteiger partial charge >= 0.3 is 0 Å². The zero-order valence-electron chi connectivity index (χ0n) is 15.8. The molecule has 3 heterocycles. The third-order valence-electron chi connectivity index (χ3n) is 5.51. The van der Waals surface area contributed by atoms with E-state index in [0.29, 0.717) is 18.0 Å². The van der Waals surface area contributed by atoms with Gasteiger partial charge in [-0.15, -0.1) is 5.10 Å². The quantitative estimate of drug-likeness (QED) is 0.739. The molecule has 27 heavy (non-hydrogen) atoms. The van der Waals surface area contributed by atoms with Gasteiger partial charge in [0.05, 0.1) is 0 Å². The molecule has 2 aromatic rings. The average molecular weight is 393 g/mol. The zero-order valence-corrected chi connectivity index (χ0v) is 16.6. The first-order valence-electron chi connectivity index (χ1n) is 9.57. The van der Waals surface area contributed by atoms with Crippen LogP contribution in [0.4, 0.5) is 11.9 Å². The molecule has 0 radical (unpaired) electrons. The SMILES string of the molecule is CO.Nc1nc(N2CCC(N3CCCC3Cc3ccc(Cl)cc3)CC2)n[nH]1. The van der Waals surface area contributed by atoms with Crippen LogP contribution in [-0.2, 0) is 6.42 Å². The minimum absolute atomic E-state index is 0.389. The number of aromatic amines is 1. The highest BCUT2D eigenvalue weighted by Gasteiger charge is 2.33. The molecule has 2 fully saturated rings. The minimum atomic E-state index is 0.389. The van der Waals surface area contributed by atoms with E-state index in [1.54, 1.807) is 0 Å². The van der Waals surface area contributed by atoms with Gasteiger partial charge in [-0.1, -0.05) is 23.7 Å². The molecule has 0 bridgehead atoms. The highest BCUT2D eigenvalue weighted by atomic mass is 35.5. The van der Waals surface area contributed by atoms with Crippen molar-refractivity contribution in [2.24, 2.45) is 0 Å². The number of nitrogen functional groups attached to an aromatic ring is 1. The van der Waals surface area contributed by atoms with Crippen molar-refractivity contribution < 1.29 is 5.11 Å². The van der Waals surface area contributed by atoms with Crippen molar-refractivity contribution in [1.29, 1.82) is 0 Å². The predicted octanol–water partition coefficient (Wildman–Crippen LogP) is 2.32. The Labute approximate surface area is 165 Å². The number of benzene rings is 1. The molecule has 8 heteroatoms. The largest absolute Gasteiger partial charge is 0.400 e. The van der Waals surface area contributed by atoms with Crippen molar-refractivity contribution in [2.75, 3.05) is 37.4 Å². The van der Waals surface area contributed by atoms with Gasteiger partial charge in [-0.2, -0.15) is 4.98 Å². The molecule has 0 aliphatic carbocycles. The number of rotatable bonds is 4. The van der Waals surface area contributed by atoms with Crippen LogP contribution >= 0.6 is 11.6 Å². The maximum absolute atomic E-state index is 7.00. The molecule has 2 aliphatic rings. The Balaban J connectivity index is 0.00000102. The highest BCUT2D eigenvalue weighted by molar-refractivity contribution is 6.30. The second-order valence-corrected chi connectivity index (χ2v) is 7.54. The van der Waals surface area contributed by atoms with E-state index in [1.807, 2.05) is 12.1 Å². The summed E-state index contributed by atoms with van der Waals surface area (Å²) in [4.78, 5) is 9.21. The Morgan fingerprint density at radius 2 is 1.85 bits per heavy atom. The number of likely N-dealkylation sites (tertiary alicyclic amines) is 1. The smallest absolute Gasteiger partial charge is 0.246 e. The summed E-state index contributed by atoms with van der Waals surface area (Å²) in [6.45, 7) is 3.20. The zero-order chi connectivity index (χ0) is 19.2. The molecule has 0 spiro atoms. The number of anilines is 2. The van der Waals surface area contributed by atoms with Crippen molar-refractivity contribution in [3.63, 3.8) is 0 Å². The summed E-state index contributed by atoms with van der Waals surface area (Å²) in [7, 11) is 1.00. The van der Waals surface area contributed by atoms with E-state index in [1.165, 1.54) is 24.9 Å². The summed E-state index contributed by atoms with van der Waals surface area (Å²) in [6, 6.07) is 9.63. The van der Waals surface area contributed by atoms with Crippen LogP contribution in [-0.4, -0.2) is 64.0 Å². The van der Waals surface area contributed by atoms with Crippen LogP contribution in [0.3, 0.4) is 0 Å². The topological polar surface area (TPSA) is 94.3 Å². The summed E-state index contributed by atoms with van der Waals surface area (Å²) in [5.41, 5.74) is 7.02. The molecular weight excluding hydrogens is 364 g/mol. The summed E-state index contributed by atoms with van der Waals surface area (Å²) in [6.07, 6.45) is 6.03. The lowest BCUT2D eigenvalue weighted by Crippen LogP contribution is -2.47. The number of nitrogens with two attached hydrogens (primary N) is 1. The lowest BCUT2D eigenvalue weighted by atomic mass is 9.99. The molecule has 4 N–H and O–H groups in total. The van der Waals surface area contributed by atoms with E-state index in [4.69, 9.17) is 22.4 Å². The molecule has 0 amide bonds. The molecule has 7 nitrogen and oxygen atoms in total. The van der Waals surface area contributed by atoms with Gasteiger partial charge in [0.15, 0.2) is 0 Å². The molecular formula is C19H29ClN6O. The van der Waals surface area contributed by atoms with Gasteiger partial charge in [-0.25, -0.2) is 5.10 Å². The van der Waals surface area contributed by atoms with Crippen LogP contribution in [0.5, 0.6) is 0 Å². The molecule has 1 aromatic carbocycles. The fourth-order valence-electron chi connectivity index (χ4n) is 4.25. The Morgan fingerprint density at radius 3 is 2.48 bits per heavy atom. The fourth-order valence-corrected chi connectivity index (χ4v) is 4.38. The molecule has 4 rings (SSSR count). The van der Waals surface area contributed by atoms with Crippen LogP contribution < -0.4 is 10.6 Å². The number of hydrogen-bond donors (Lipinski definition) is 3. The third-order valence-corrected chi connectivity index (χ3v) is 5.77. The highest BCUT2D eigenvalue weighted by Crippen LogP contribution is 2.29. The molecule has 2 aliphatic heterocycles. The Kier molecular flexibility index (Phi) is 6.93. The Morgan fingerprint density at radius 1 is 1.15 bits per heavy atom. The van der Waals surface area contributed by atoms with Crippen molar-refractivity contribution in [3.05, 3.63) is 34.9 Å². The van der Waals surface area contributed by atoms with E-state index in [2.05, 4.69) is 37.1 Å². The van der Waals surface area contributed by atoms with E-state index >= 15 is 0 Å². The van der Waals surface area contributed by atoms with Gasteiger partial charge in [0.2, 0.25) is 11.9 Å². The van der Waals surface area contributed by atoms with E-state index < -0.39 is 0 Å². The first-order valence-corrected chi connectivity index (χ1v) is 9.94.